The summed E-state index contributed by atoms with van der Waals surface area (Å²) in [6.07, 6.45) is 1.35. The Labute approximate surface area is 212 Å². The summed E-state index contributed by atoms with van der Waals surface area (Å²) in [5, 5.41) is 0. The number of amides is 1. The lowest BCUT2D eigenvalue weighted by Gasteiger charge is -2.35. The van der Waals surface area contributed by atoms with Crippen molar-refractivity contribution in [2.45, 2.75) is 23.8 Å². The van der Waals surface area contributed by atoms with E-state index in [1.54, 1.807) is 17.0 Å². The summed E-state index contributed by atoms with van der Waals surface area (Å²) in [4.78, 5) is 13.8. The monoisotopic (exact) mass is 534 g/mol. The quantitative estimate of drug-likeness (QED) is 0.485. The molecule has 0 aliphatic carbocycles. The molecule has 0 aromatic heterocycles. The van der Waals surface area contributed by atoms with Crippen LogP contribution in [0.15, 0.2) is 53.4 Å². The highest BCUT2D eigenvalue weighted by Crippen LogP contribution is 2.43. The molecule has 1 saturated heterocycles. The van der Waals surface area contributed by atoms with Crippen molar-refractivity contribution in [3.8, 4) is 22.6 Å². The maximum absolute atomic E-state index is 15.9. The minimum Gasteiger partial charge on any atom is -0.493 e. The number of rotatable bonds is 7. The number of piperidine rings is 1. The maximum atomic E-state index is 15.9. The highest BCUT2D eigenvalue weighted by atomic mass is 32.2. The van der Waals surface area contributed by atoms with Crippen LogP contribution in [0.5, 0.6) is 11.5 Å². The van der Waals surface area contributed by atoms with Crippen LogP contribution in [-0.2, 0) is 9.84 Å². The number of anilines is 1. The van der Waals surface area contributed by atoms with Crippen LogP contribution in [-0.4, -0.2) is 46.9 Å². The second-order valence-corrected chi connectivity index (χ2v) is 10.7. The van der Waals surface area contributed by atoms with E-state index < -0.39 is 39.3 Å². The van der Waals surface area contributed by atoms with Crippen LogP contribution in [0.1, 0.15) is 23.2 Å². The fraction of sp³-hybridized carbons (Fsp3) is 0.269. The molecule has 0 bridgehead atoms. The molecule has 0 spiro atoms. The Balaban J connectivity index is 1.75. The van der Waals surface area contributed by atoms with E-state index in [0.717, 1.165) is 18.4 Å². The third kappa shape index (κ3) is 5.36. The molecule has 0 radical (unpaired) electrons. The molecule has 2 N–H and O–H groups in total. The molecule has 7 nitrogen and oxygen atoms in total. The molecule has 1 aliphatic heterocycles. The van der Waals surface area contributed by atoms with Gasteiger partial charge in [-0.1, -0.05) is 18.2 Å². The number of methoxy groups -OCH3 is 1. The number of halogens is 3. The first kappa shape index (κ1) is 26.3. The third-order valence-electron chi connectivity index (χ3n) is 6.19. The molecule has 4 rings (SSSR count). The largest absolute Gasteiger partial charge is 0.493 e. The predicted octanol–water partition coefficient (Wildman–Crippen LogP) is 4.33. The number of benzene rings is 3. The molecule has 0 saturated carbocycles. The van der Waals surface area contributed by atoms with Crippen LogP contribution in [0.25, 0.3) is 11.1 Å². The van der Waals surface area contributed by atoms with E-state index in [4.69, 9.17) is 15.2 Å². The molecule has 37 heavy (non-hydrogen) atoms. The lowest BCUT2D eigenvalue weighted by atomic mass is 9.96. The van der Waals surface area contributed by atoms with Gasteiger partial charge >= 0.3 is 0 Å². The Bertz CT molecular complexity index is 1450. The summed E-state index contributed by atoms with van der Waals surface area (Å²) in [6, 6.07) is 10.5. The van der Waals surface area contributed by atoms with Gasteiger partial charge in [0.05, 0.1) is 23.3 Å². The van der Waals surface area contributed by atoms with Crippen molar-refractivity contribution < 1.29 is 35.9 Å². The number of carbonyl (C=O) groups excluding carboxylic acids is 1. The van der Waals surface area contributed by atoms with Gasteiger partial charge in [0.15, 0.2) is 33.0 Å². The number of sulfone groups is 1. The van der Waals surface area contributed by atoms with Crippen LogP contribution in [0.3, 0.4) is 0 Å². The fourth-order valence-electron chi connectivity index (χ4n) is 4.48. The van der Waals surface area contributed by atoms with Crippen molar-refractivity contribution in [3.05, 3.63) is 71.5 Å². The van der Waals surface area contributed by atoms with Gasteiger partial charge in [-0.25, -0.2) is 21.6 Å². The number of nitrogens with zero attached hydrogens (tertiary/aromatic N) is 1. The van der Waals surface area contributed by atoms with Crippen molar-refractivity contribution in [1.29, 1.82) is 0 Å². The van der Waals surface area contributed by atoms with Crippen molar-refractivity contribution >= 4 is 21.4 Å². The highest BCUT2D eigenvalue weighted by molar-refractivity contribution is 7.90. The van der Waals surface area contributed by atoms with E-state index in [1.165, 1.54) is 31.4 Å². The van der Waals surface area contributed by atoms with Gasteiger partial charge in [-0.15, -0.1) is 0 Å². The molecule has 1 fully saturated rings. The first-order valence-corrected chi connectivity index (χ1v) is 13.3. The Morgan fingerprint density at radius 1 is 1.03 bits per heavy atom. The van der Waals surface area contributed by atoms with Gasteiger partial charge in [0, 0.05) is 49.4 Å². The zero-order valence-electron chi connectivity index (χ0n) is 20.1. The van der Waals surface area contributed by atoms with E-state index >= 15 is 4.39 Å². The van der Waals surface area contributed by atoms with Crippen LogP contribution < -0.4 is 20.1 Å². The van der Waals surface area contributed by atoms with Crippen molar-refractivity contribution in [3.63, 3.8) is 0 Å². The van der Waals surface area contributed by atoms with E-state index in [2.05, 4.69) is 0 Å². The summed E-state index contributed by atoms with van der Waals surface area (Å²) in [7, 11) is -2.51. The van der Waals surface area contributed by atoms with Gasteiger partial charge < -0.3 is 20.1 Å². The number of ether oxygens (including phenoxy) is 2. The minimum atomic E-state index is -3.71. The van der Waals surface area contributed by atoms with Gasteiger partial charge in [0.1, 0.15) is 11.9 Å². The standard InChI is InChI=1S/C26H25F3N2O5S/c1-35-25-19(26(30)32)14-18(17-5-3-4-6-22(17)37(2,33)34)24(23(25)29)31-11-9-16(10-12-31)36-21-8-7-15(27)13-20(21)28/h3-8,13-14,16H,9-12H2,1-2H3,(H2,30,32). The lowest BCUT2D eigenvalue weighted by molar-refractivity contribution is 0.0996. The summed E-state index contributed by atoms with van der Waals surface area (Å²) in [6.45, 7) is 0.523. The number of hydrogen-bond donors (Lipinski definition) is 1. The van der Waals surface area contributed by atoms with Gasteiger partial charge in [-0.05, 0) is 24.3 Å². The third-order valence-corrected chi connectivity index (χ3v) is 7.34. The SMILES string of the molecule is COc1c(C(N)=O)cc(-c2ccccc2S(C)(=O)=O)c(N2CCC(Oc3ccc(F)cc3F)CC2)c1F. The van der Waals surface area contributed by atoms with Crippen LogP contribution in [0.2, 0.25) is 0 Å². The molecule has 3 aromatic carbocycles. The molecule has 11 heteroatoms. The smallest absolute Gasteiger partial charge is 0.252 e. The molecule has 0 unspecified atom stereocenters. The minimum absolute atomic E-state index is 0.0405. The van der Waals surface area contributed by atoms with Gasteiger partial charge in [0.25, 0.3) is 5.91 Å². The molecule has 1 heterocycles. The summed E-state index contributed by atoms with van der Waals surface area (Å²) < 4.78 is 79.1. The average Bonchev–Trinajstić information content (AvgIpc) is 2.85. The van der Waals surface area contributed by atoms with E-state index in [0.29, 0.717) is 12.8 Å². The maximum Gasteiger partial charge on any atom is 0.252 e. The van der Waals surface area contributed by atoms with E-state index in [9.17, 15) is 22.0 Å². The molecular formula is C26H25F3N2O5S. The number of carbonyl (C=O) groups is 1. The van der Waals surface area contributed by atoms with Crippen molar-refractivity contribution in [2.24, 2.45) is 5.73 Å². The van der Waals surface area contributed by atoms with Crippen LogP contribution in [0, 0.1) is 17.5 Å². The van der Waals surface area contributed by atoms with Gasteiger partial charge in [-0.2, -0.15) is 0 Å². The van der Waals surface area contributed by atoms with E-state index in [1.807, 2.05) is 0 Å². The normalized spacial score (nSPS) is 14.5. The Morgan fingerprint density at radius 2 is 1.70 bits per heavy atom. The summed E-state index contributed by atoms with van der Waals surface area (Å²) in [5.74, 6) is -3.77. The molecule has 196 valence electrons. The Kier molecular flexibility index (Phi) is 7.35. The molecule has 1 amide bonds. The second kappa shape index (κ2) is 10.3. The number of primary amides is 1. The highest BCUT2D eigenvalue weighted by Gasteiger charge is 2.31. The van der Waals surface area contributed by atoms with Crippen LogP contribution >= 0.6 is 0 Å². The van der Waals surface area contributed by atoms with Gasteiger partial charge in [0.2, 0.25) is 0 Å². The topological polar surface area (TPSA) is 98.9 Å². The van der Waals surface area contributed by atoms with E-state index in [-0.39, 0.29) is 51.9 Å². The zero-order valence-corrected chi connectivity index (χ0v) is 20.9. The fourth-order valence-corrected chi connectivity index (χ4v) is 5.38. The summed E-state index contributed by atoms with van der Waals surface area (Å²) in [5.41, 5.74) is 5.67. The predicted molar refractivity (Wildman–Crippen MR) is 132 cm³/mol. The Hall–Kier alpha value is -3.73. The summed E-state index contributed by atoms with van der Waals surface area (Å²) >= 11 is 0. The van der Waals surface area contributed by atoms with Crippen molar-refractivity contribution in [2.75, 3.05) is 31.4 Å². The van der Waals surface area contributed by atoms with Crippen molar-refractivity contribution in [1.82, 2.24) is 0 Å². The molecule has 3 aromatic rings. The first-order chi connectivity index (χ1) is 17.5. The van der Waals surface area contributed by atoms with Crippen LogP contribution in [0.4, 0.5) is 18.9 Å². The Morgan fingerprint density at radius 3 is 2.30 bits per heavy atom. The molecule has 1 aliphatic rings. The van der Waals surface area contributed by atoms with Gasteiger partial charge in [-0.3, -0.25) is 4.79 Å². The average molecular weight is 535 g/mol. The number of hydrogen-bond acceptors (Lipinski definition) is 6. The molecular weight excluding hydrogens is 509 g/mol. The molecule has 0 atom stereocenters. The zero-order chi connectivity index (χ0) is 26.9. The number of nitrogens with two attached hydrogens (primary N) is 1. The second-order valence-electron chi connectivity index (χ2n) is 8.68. The lowest BCUT2D eigenvalue weighted by Crippen LogP contribution is -2.39. The first-order valence-electron chi connectivity index (χ1n) is 11.4.